The van der Waals surface area contributed by atoms with Gasteiger partial charge >= 0.3 is 0 Å². The summed E-state index contributed by atoms with van der Waals surface area (Å²) in [7, 11) is 0. The van der Waals surface area contributed by atoms with Gasteiger partial charge in [-0.3, -0.25) is 9.59 Å². The van der Waals surface area contributed by atoms with E-state index in [1.54, 1.807) is 48.5 Å². The van der Waals surface area contributed by atoms with E-state index in [1.807, 2.05) is 19.9 Å². The largest absolute Gasteiger partial charge is 0.484 e. The molecule has 0 heterocycles. The summed E-state index contributed by atoms with van der Waals surface area (Å²) in [5.41, 5.74) is 1.16. The SMILES string of the molecule is CC(C)CNC(=O)COc1ccc(/C=C(/C#N)C(=O)Nc2ccc(Cl)cc2)cc1. The van der Waals surface area contributed by atoms with Gasteiger partial charge in [0, 0.05) is 17.3 Å². The second-order valence-corrected chi connectivity index (χ2v) is 7.12. The first kappa shape index (κ1) is 22.0. The minimum absolute atomic E-state index is 0.0401. The lowest BCUT2D eigenvalue weighted by atomic mass is 10.1. The standard InChI is InChI=1S/C22H22ClN3O3/c1-15(2)13-25-21(27)14-29-20-9-3-16(4-10-20)11-17(12-24)22(28)26-19-7-5-18(23)6-8-19/h3-11,15H,13-14H2,1-2H3,(H,25,27)(H,26,28)/b17-11-. The van der Waals surface area contributed by atoms with Gasteiger partial charge in [0.05, 0.1) is 0 Å². The number of benzene rings is 2. The van der Waals surface area contributed by atoms with E-state index < -0.39 is 5.91 Å². The van der Waals surface area contributed by atoms with Gasteiger partial charge in [0.15, 0.2) is 6.61 Å². The molecule has 2 amide bonds. The fourth-order valence-electron chi connectivity index (χ4n) is 2.23. The van der Waals surface area contributed by atoms with Gasteiger partial charge in [0.25, 0.3) is 11.8 Å². The van der Waals surface area contributed by atoms with Crippen LogP contribution in [0.25, 0.3) is 6.08 Å². The number of nitrogens with zero attached hydrogens (tertiary/aromatic N) is 1. The third-order valence-electron chi connectivity index (χ3n) is 3.74. The highest BCUT2D eigenvalue weighted by molar-refractivity contribution is 6.30. The van der Waals surface area contributed by atoms with Crippen LogP contribution in [0.15, 0.2) is 54.1 Å². The Hall–Kier alpha value is -3.30. The van der Waals surface area contributed by atoms with Crippen LogP contribution in [-0.4, -0.2) is 25.0 Å². The minimum atomic E-state index is -0.517. The number of nitrogens with one attached hydrogen (secondary N) is 2. The monoisotopic (exact) mass is 411 g/mol. The Balaban J connectivity index is 1.95. The highest BCUT2D eigenvalue weighted by Crippen LogP contribution is 2.17. The number of ether oxygens (including phenoxy) is 1. The highest BCUT2D eigenvalue weighted by atomic mass is 35.5. The maximum atomic E-state index is 12.3. The lowest BCUT2D eigenvalue weighted by Crippen LogP contribution is -2.31. The predicted molar refractivity (Wildman–Crippen MR) is 113 cm³/mol. The van der Waals surface area contributed by atoms with Crippen molar-refractivity contribution in [2.75, 3.05) is 18.5 Å². The normalized spacial score (nSPS) is 10.9. The summed E-state index contributed by atoms with van der Waals surface area (Å²) in [4.78, 5) is 24.0. The van der Waals surface area contributed by atoms with Gasteiger partial charge in [-0.05, 0) is 54.0 Å². The van der Waals surface area contributed by atoms with Crippen LogP contribution in [0, 0.1) is 17.2 Å². The van der Waals surface area contributed by atoms with Crippen LogP contribution in [0.2, 0.25) is 5.02 Å². The average molecular weight is 412 g/mol. The van der Waals surface area contributed by atoms with Crippen LogP contribution in [0.1, 0.15) is 19.4 Å². The van der Waals surface area contributed by atoms with Gasteiger partial charge in [-0.1, -0.05) is 37.6 Å². The molecule has 0 atom stereocenters. The van der Waals surface area contributed by atoms with E-state index in [2.05, 4.69) is 10.6 Å². The number of hydrogen-bond acceptors (Lipinski definition) is 4. The van der Waals surface area contributed by atoms with Gasteiger partial charge in [-0.25, -0.2) is 0 Å². The molecule has 0 radical (unpaired) electrons. The van der Waals surface area contributed by atoms with Crippen molar-refractivity contribution in [2.24, 2.45) is 5.92 Å². The third-order valence-corrected chi connectivity index (χ3v) is 3.99. The minimum Gasteiger partial charge on any atom is -0.484 e. The number of rotatable bonds is 8. The zero-order chi connectivity index (χ0) is 21.2. The molecule has 0 aliphatic rings. The van der Waals surface area contributed by atoms with E-state index in [9.17, 15) is 14.9 Å². The molecular formula is C22H22ClN3O3. The molecule has 150 valence electrons. The molecule has 2 rings (SSSR count). The number of carbonyl (C=O) groups excluding carboxylic acids is 2. The second kappa shape index (κ2) is 10.9. The van der Waals surface area contributed by atoms with E-state index in [-0.39, 0.29) is 18.1 Å². The van der Waals surface area contributed by atoms with Crippen LogP contribution >= 0.6 is 11.6 Å². The van der Waals surface area contributed by atoms with E-state index in [0.29, 0.717) is 34.5 Å². The fourth-order valence-corrected chi connectivity index (χ4v) is 2.35. The molecule has 0 bridgehead atoms. The summed E-state index contributed by atoms with van der Waals surface area (Å²) in [5, 5.41) is 15.3. The van der Waals surface area contributed by atoms with Gasteiger partial charge in [0.2, 0.25) is 0 Å². The zero-order valence-corrected chi connectivity index (χ0v) is 17.0. The predicted octanol–water partition coefficient (Wildman–Crippen LogP) is 4.04. The number of hydrogen-bond donors (Lipinski definition) is 2. The Morgan fingerprint density at radius 2 is 1.79 bits per heavy atom. The smallest absolute Gasteiger partial charge is 0.266 e. The summed E-state index contributed by atoms with van der Waals surface area (Å²) in [6, 6.07) is 15.3. The summed E-state index contributed by atoms with van der Waals surface area (Å²) < 4.78 is 5.43. The third kappa shape index (κ3) is 7.68. The molecule has 0 aliphatic carbocycles. The number of nitriles is 1. The Morgan fingerprint density at radius 1 is 1.14 bits per heavy atom. The molecule has 0 fully saturated rings. The van der Waals surface area contributed by atoms with Crippen molar-refractivity contribution in [1.82, 2.24) is 5.32 Å². The molecule has 0 saturated carbocycles. The molecule has 0 aliphatic heterocycles. The van der Waals surface area contributed by atoms with E-state index in [0.717, 1.165) is 0 Å². The Morgan fingerprint density at radius 3 is 2.38 bits per heavy atom. The molecule has 7 heteroatoms. The molecule has 2 aromatic carbocycles. The van der Waals surface area contributed by atoms with Crippen molar-refractivity contribution in [3.05, 3.63) is 64.7 Å². The van der Waals surface area contributed by atoms with E-state index >= 15 is 0 Å². The number of halogens is 1. The molecule has 2 aromatic rings. The van der Waals surface area contributed by atoms with Crippen LogP contribution in [-0.2, 0) is 9.59 Å². The number of carbonyl (C=O) groups is 2. The quantitative estimate of drug-likeness (QED) is 0.506. The van der Waals surface area contributed by atoms with Crippen LogP contribution in [0.4, 0.5) is 5.69 Å². The molecule has 0 spiro atoms. The first-order chi connectivity index (χ1) is 13.9. The first-order valence-electron chi connectivity index (χ1n) is 9.05. The molecule has 0 saturated heterocycles. The average Bonchev–Trinajstić information content (AvgIpc) is 2.71. The van der Waals surface area contributed by atoms with Crippen molar-refractivity contribution >= 4 is 35.2 Å². The maximum Gasteiger partial charge on any atom is 0.266 e. The van der Waals surface area contributed by atoms with Crippen LogP contribution in [0.5, 0.6) is 5.75 Å². The van der Waals surface area contributed by atoms with Crippen molar-refractivity contribution in [3.63, 3.8) is 0 Å². The molecule has 2 N–H and O–H groups in total. The van der Waals surface area contributed by atoms with Crippen LogP contribution < -0.4 is 15.4 Å². The number of amides is 2. The van der Waals surface area contributed by atoms with Crippen molar-refractivity contribution in [2.45, 2.75) is 13.8 Å². The first-order valence-corrected chi connectivity index (χ1v) is 9.43. The van der Waals surface area contributed by atoms with Gasteiger partial charge in [-0.2, -0.15) is 5.26 Å². The Bertz CT molecular complexity index is 914. The van der Waals surface area contributed by atoms with Gasteiger partial charge in [0.1, 0.15) is 17.4 Å². The Labute approximate surface area is 175 Å². The van der Waals surface area contributed by atoms with Crippen LogP contribution in [0.3, 0.4) is 0 Å². The zero-order valence-electron chi connectivity index (χ0n) is 16.2. The maximum absolute atomic E-state index is 12.3. The second-order valence-electron chi connectivity index (χ2n) is 6.69. The molecule has 0 unspecified atom stereocenters. The van der Waals surface area contributed by atoms with Crippen molar-refractivity contribution < 1.29 is 14.3 Å². The summed E-state index contributed by atoms with van der Waals surface area (Å²) >= 11 is 5.82. The topological polar surface area (TPSA) is 91.2 Å². The van der Waals surface area contributed by atoms with Gasteiger partial charge < -0.3 is 15.4 Å². The molecule has 0 aromatic heterocycles. The molecular weight excluding hydrogens is 390 g/mol. The summed E-state index contributed by atoms with van der Waals surface area (Å²) in [6.07, 6.45) is 1.48. The lowest BCUT2D eigenvalue weighted by molar-refractivity contribution is -0.123. The van der Waals surface area contributed by atoms with E-state index in [1.165, 1.54) is 6.08 Å². The molecule has 6 nitrogen and oxygen atoms in total. The number of anilines is 1. The fraction of sp³-hybridized carbons (Fsp3) is 0.227. The Kier molecular flexibility index (Phi) is 8.26. The molecule has 29 heavy (non-hydrogen) atoms. The summed E-state index contributed by atoms with van der Waals surface area (Å²) in [5.74, 6) is 0.187. The highest BCUT2D eigenvalue weighted by Gasteiger charge is 2.10. The summed E-state index contributed by atoms with van der Waals surface area (Å²) in [6.45, 7) is 4.55. The van der Waals surface area contributed by atoms with Gasteiger partial charge in [-0.15, -0.1) is 0 Å². The lowest BCUT2D eigenvalue weighted by Gasteiger charge is -2.09. The van der Waals surface area contributed by atoms with Crippen molar-refractivity contribution in [1.29, 1.82) is 5.26 Å². The van der Waals surface area contributed by atoms with Crippen molar-refractivity contribution in [3.8, 4) is 11.8 Å². The van der Waals surface area contributed by atoms with E-state index in [4.69, 9.17) is 16.3 Å².